The highest BCUT2D eigenvalue weighted by molar-refractivity contribution is 5.82. The molecule has 0 spiro atoms. The lowest BCUT2D eigenvalue weighted by molar-refractivity contribution is -0.138. The van der Waals surface area contributed by atoms with Crippen molar-refractivity contribution in [2.75, 3.05) is 65.4 Å². The van der Waals surface area contributed by atoms with Gasteiger partial charge in [0.1, 0.15) is 23.2 Å². The molecule has 0 aromatic heterocycles. The highest BCUT2D eigenvalue weighted by Gasteiger charge is 2.42. The van der Waals surface area contributed by atoms with E-state index in [1.807, 2.05) is 0 Å². The van der Waals surface area contributed by atoms with E-state index in [1.165, 1.54) is 0 Å². The van der Waals surface area contributed by atoms with Crippen LogP contribution in [0.15, 0.2) is 36.4 Å². The van der Waals surface area contributed by atoms with Crippen LogP contribution >= 0.6 is 0 Å². The van der Waals surface area contributed by atoms with E-state index >= 15 is 0 Å². The van der Waals surface area contributed by atoms with Crippen molar-refractivity contribution in [3.8, 4) is 0 Å². The number of nitrogens with one attached hydrogen (secondary N) is 2. The molecule has 2 aromatic carbocycles. The maximum absolute atomic E-state index is 13.9. The number of benzene rings is 2. The van der Waals surface area contributed by atoms with Crippen molar-refractivity contribution in [1.82, 2.24) is 30.2 Å². The predicted octanol–water partition coefficient (Wildman–Crippen LogP) is 4.84. The van der Waals surface area contributed by atoms with Crippen molar-refractivity contribution < 1.29 is 63.8 Å². The molecule has 4 atom stereocenters. The van der Waals surface area contributed by atoms with Crippen LogP contribution in [-0.4, -0.2) is 133 Å². The zero-order valence-corrected chi connectivity index (χ0v) is 32.5. The Morgan fingerprint density at radius 3 is 1.33 bits per heavy atom. The molecule has 6 aliphatic rings. The summed E-state index contributed by atoms with van der Waals surface area (Å²) in [5.74, 6) is -1.32. The summed E-state index contributed by atoms with van der Waals surface area (Å²) in [5.41, 5.74) is -1.99. The molecule has 6 aliphatic heterocycles. The molecule has 20 heteroatoms. The molecule has 0 aliphatic carbocycles. The van der Waals surface area contributed by atoms with E-state index < -0.39 is 35.1 Å². The summed E-state index contributed by atoms with van der Waals surface area (Å²) < 4.78 is 114. The highest BCUT2D eigenvalue weighted by Crippen LogP contribution is 2.33. The number of nitrogens with zero attached hydrogens (tertiary/aromatic N) is 4. The van der Waals surface area contributed by atoms with Crippen molar-refractivity contribution in [1.29, 1.82) is 0 Å². The number of alkyl halides is 6. The molecule has 0 saturated carbocycles. The van der Waals surface area contributed by atoms with Crippen LogP contribution in [0.2, 0.25) is 0 Å². The minimum atomic E-state index is -4.59. The van der Waals surface area contributed by atoms with Gasteiger partial charge in [0.2, 0.25) is 0 Å². The summed E-state index contributed by atoms with van der Waals surface area (Å²) in [6.07, 6.45) is -7.15. The van der Waals surface area contributed by atoms with Gasteiger partial charge in [0.05, 0.1) is 75.8 Å². The molecular formula is C40H46F8N6O6. The smallest absolute Gasteiger partial charge is 0.370 e. The van der Waals surface area contributed by atoms with E-state index in [4.69, 9.17) is 9.47 Å². The van der Waals surface area contributed by atoms with Gasteiger partial charge in [0.25, 0.3) is 0 Å². The first-order valence-electron chi connectivity index (χ1n) is 19.9. The number of halogens is 8. The Morgan fingerprint density at radius 2 is 0.983 bits per heavy atom. The molecule has 6 saturated heterocycles. The third-order valence-corrected chi connectivity index (χ3v) is 12.1. The minimum absolute atomic E-state index is 0.0457. The number of hydrogen-bond acceptors (Lipinski definition) is 8. The van der Waals surface area contributed by atoms with Gasteiger partial charge in [-0.25, -0.2) is 18.4 Å². The fourth-order valence-electron chi connectivity index (χ4n) is 8.48. The molecular weight excluding hydrogens is 812 g/mol. The number of ether oxygens (including phenoxy) is 2. The summed E-state index contributed by atoms with van der Waals surface area (Å²) in [7, 11) is 0. The van der Waals surface area contributed by atoms with Crippen molar-refractivity contribution in [2.45, 2.75) is 75.5 Å². The Balaban J connectivity index is 0.000000181. The lowest BCUT2D eigenvalue weighted by Crippen LogP contribution is -2.62. The number of hydrogen-bond donors (Lipinski definition) is 2. The second kappa shape index (κ2) is 17.9. The van der Waals surface area contributed by atoms with Crippen molar-refractivity contribution >= 4 is 23.6 Å². The van der Waals surface area contributed by atoms with Crippen LogP contribution in [-0.2, 0) is 44.6 Å². The number of carbonyl (C=O) groups excluding carboxylic acids is 4. The molecule has 4 amide bonds. The van der Waals surface area contributed by atoms with Crippen LogP contribution in [0.5, 0.6) is 0 Å². The topological polar surface area (TPSA) is 124 Å². The fraction of sp³-hybridized carbons (Fsp3) is 0.600. The zero-order valence-electron chi connectivity index (χ0n) is 32.5. The van der Waals surface area contributed by atoms with Crippen LogP contribution < -0.4 is 10.6 Å². The van der Waals surface area contributed by atoms with Gasteiger partial charge < -0.3 is 39.7 Å². The number of urea groups is 2. The quantitative estimate of drug-likeness (QED) is 0.397. The zero-order chi connectivity index (χ0) is 42.9. The van der Waals surface area contributed by atoms with E-state index in [0.29, 0.717) is 90.4 Å². The number of rotatable bonds is 6. The Hall–Kier alpha value is -4.40. The van der Waals surface area contributed by atoms with Gasteiger partial charge in [-0.2, -0.15) is 26.3 Å². The van der Waals surface area contributed by atoms with Crippen molar-refractivity contribution in [3.63, 3.8) is 0 Å². The largest absolute Gasteiger partial charge is 0.416 e. The lowest BCUT2D eigenvalue weighted by Gasteiger charge is -2.46. The van der Waals surface area contributed by atoms with Gasteiger partial charge >= 0.3 is 24.4 Å². The van der Waals surface area contributed by atoms with Crippen LogP contribution in [0.3, 0.4) is 0 Å². The van der Waals surface area contributed by atoms with Gasteiger partial charge in [-0.1, -0.05) is 12.1 Å². The Morgan fingerprint density at radius 1 is 0.600 bits per heavy atom. The van der Waals surface area contributed by atoms with E-state index in [-0.39, 0.29) is 84.1 Å². The Kier molecular flexibility index (Phi) is 13.0. The number of carbonyl (C=O) groups is 4. The average Bonchev–Trinajstić information content (AvgIpc) is 3.16. The molecule has 60 heavy (non-hydrogen) atoms. The number of amides is 4. The maximum atomic E-state index is 13.9. The summed E-state index contributed by atoms with van der Waals surface area (Å²) in [6, 6.07) is 5.06. The first-order valence-corrected chi connectivity index (χ1v) is 19.9. The molecule has 8 rings (SSSR count). The van der Waals surface area contributed by atoms with E-state index in [2.05, 4.69) is 10.6 Å². The maximum Gasteiger partial charge on any atom is 0.416 e. The standard InChI is InChI=1S/2C20H23F4N3O3/c2*21-17-6-14(20(22,23)24)2-1-12(17)11-30-16-9-27(10-16)19(29)26-4-3-18-13(8-26)5-15(28)7-25-18/h2*1-2,6,13,16,18,25H,3-5,7-11H2/t2*13-,18+/m10/s1. The van der Waals surface area contributed by atoms with Crippen molar-refractivity contribution in [2.24, 2.45) is 11.8 Å². The highest BCUT2D eigenvalue weighted by atomic mass is 19.4. The number of fused-ring (bicyclic) bond motifs is 2. The normalized spacial score (nSPS) is 25.1. The van der Waals surface area contributed by atoms with Gasteiger partial charge in [-0.05, 0) is 48.9 Å². The Labute approximate surface area is 340 Å². The minimum Gasteiger partial charge on any atom is -0.370 e. The van der Waals surface area contributed by atoms with Crippen molar-refractivity contribution in [3.05, 3.63) is 70.3 Å². The van der Waals surface area contributed by atoms with E-state index in [0.717, 1.165) is 37.1 Å². The molecule has 6 heterocycles. The number of piperidine rings is 4. The van der Waals surface area contributed by atoms with E-state index in [1.54, 1.807) is 19.6 Å². The molecule has 2 N–H and O–H groups in total. The van der Waals surface area contributed by atoms with Crippen LogP contribution in [0.4, 0.5) is 44.7 Å². The third kappa shape index (κ3) is 10.4. The first kappa shape index (κ1) is 43.7. The third-order valence-electron chi connectivity index (χ3n) is 12.1. The Bertz CT molecular complexity index is 1790. The average molecular weight is 859 g/mol. The van der Waals surface area contributed by atoms with Gasteiger partial charge in [0, 0.05) is 62.2 Å². The predicted molar refractivity (Wildman–Crippen MR) is 196 cm³/mol. The summed E-state index contributed by atoms with van der Waals surface area (Å²) >= 11 is 0. The summed E-state index contributed by atoms with van der Waals surface area (Å²) in [5, 5.41) is 6.46. The SMILES string of the molecule is O=C1CN[C@@H]2CCN(C(=O)N3CC(OCc4ccc(C(F)(F)F)cc4F)C3)C[C@@H]2C1.O=C1CN[C@H]2CCN(C(=O)N3CC(OCc4ccc(C(F)(F)F)cc4F)C3)C[C@H]2C1. The number of ketones is 2. The second-order valence-electron chi connectivity index (χ2n) is 16.3. The van der Waals surface area contributed by atoms with Gasteiger partial charge in [-0.15, -0.1) is 0 Å². The molecule has 328 valence electrons. The number of likely N-dealkylation sites (tertiary alicyclic amines) is 4. The monoisotopic (exact) mass is 858 g/mol. The molecule has 0 radical (unpaired) electrons. The van der Waals surface area contributed by atoms with Gasteiger partial charge in [0.15, 0.2) is 0 Å². The first-order chi connectivity index (χ1) is 28.4. The van der Waals surface area contributed by atoms with Crippen LogP contribution in [0, 0.1) is 23.5 Å². The molecule has 2 aromatic rings. The molecule has 12 nitrogen and oxygen atoms in total. The molecule has 0 unspecified atom stereocenters. The summed E-state index contributed by atoms with van der Waals surface area (Å²) in [4.78, 5) is 55.4. The lowest BCUT2D eigenvalue weighted by atomic mass is 9.85. The van der Waals surface area contributed by atoms with Crippen LogP contribution in [0.1, 0.15) is 47.9 Å². The second-order valence-corrected chi connectivity index (χ2v) is 16.3. The van der Waals surface area contributed by atoms with E-state index in [9.17, 15) is 54.3 Å². The molecule has 0 bridgehead atoms. The molecule has 6 fully saturated rings. The fourth-order valence-corrected chi connectivity index (χ4v) is 8.48. The van der Waals surface area contributed by atoms with Gasteiger partial charge in [-0.3, -0.25) is 9.59 Å². The summed E-state index contributed by atoms with van der Waals surface area (Å²) in [6.45, 7) is 4.23. The van der Waals surface area contributed by atoms with Crippen LogP contribution in [0.25, 0.3) is 0 Å². The number of Topliss-reactive ketones (excluding diaryl/α,β-unsaturated/α-hetero) is 2.